The van der Waals surface area contributed by atoms with Crippen LogP contribution in [0.3, 0.4) is 0 Å². The average Bonchev–Trinajstić information content (AvgIpc) is 3.10. The number of halogens is 1. The number of carbonyl (C=O) groups is 3. The number of imide groups is 1. The van der Waals surface area contributed by atoms with E-state index in [0.717, 1.165) is 31.5 Å². The van der Waals surface area contributed by atoms with Crippen molar-refractivity contribution in [2.45, 2.75) is 70.7 Å². The second-order valence-electron chi connectivity index (χ2n) is 11.0. The third-order valence-electron chi connectivity index (χ3n) is 8.12. The smallest absolute Gasteiger partial charge is 0.255 e. The van der Waals surface area contributed by atoms with Crippen LogP contribution in [0.4, 0.5) is 4.39 Å². The van der Waals surface area contributed by atoms with E-state index in [0.29, 0.717) is 17.8 Å². The van der Waals surface area contributed by atoms with E-state index in [4.69, 9.17) is 0 Å². The van der Waals surface area contributed by atoms with Gasteiger partial charge in [0.15, 0.2) is 0 Å². The van der Waals surface area contributed by atoms with Gasteiger partial charge in [-0.3, -0.25) is 29.6 Å². The summed E-state index contributed by atoms with van der Waals surface area (Å²) in [6.07, 6.45) is 3.89. The monoisotopic (exact) mass is 508 g/mol. The van der Waals surface area contributed by atoms with Gasteiger partial charge in [0.05, 0.1) is 17.3 Å². The second kappa shape index (κ2) is 9.61. The molecule has 9 heteroatoms. The van der Waals surface area contributed by atoms with Gasteiger partial charge in [0, 0.05) is 35.9 Å². The number of amides is 3. The Morgan fingerprint density at radius 2 is 1.81 bits per heavy atom. The first-order valence-corrected chi connectivity index (χ1v) is 12.9. The van der Waals surface area contributed by atoms with Crippen LogP contribution in [0.5, 0.6) is 0 Å². The molecule has 3 aliphatic heterocycles. The summed E-state index contributed by atoms with van der Waals surface area (Å²) in [4.78, 5) is 45.3. The third-order valence-corrected chi connectivity index (χ3v) is 8.12. The maximum absolute atomic E-state index is 15.9. The van der Waals surface area contributed by atoms with Gasteiger partial charge in [-0.15, -0.1) is 0 Å². The first-order valence-electron chi connectivity index (χ1n) is 12.9. The molecular formula is C28H33FN4O4. The van der Waals surface area contributed by atoms with E-state index in [1.54, 1.807) is 25.3 Å². The Balaban J connectivity index is 1.36. The lowest BCUT2D eigenvalue weighted by Crippen LogP contribution is -2.53. The fraction of sp³-hybridized carbons (Fsp3) is 0.500. The van der Waals surface area contributed by atoms with E-state index >= 15 is 4.39 Å². The summed E-state index contributed by atoms with van der Waals surface area (Å²) in [7, 11) is 0. The third kappa shape index (κ3) is 4.78. The molecule has 4 heterocycles. The zero-order chi connectivity index (χ0) is 26.5. The topological polar surface area (TPSA) is 103 Å². The first kappa shape index (κ1) is 25.5. The number of rotatable bonds is 5. The molecule has 3 aliphatic rings. The number of piperidine rings is 2. The van der Waals surface area contributed by atoms with Gasteiger partial charge in [-0.05, 0) is 88.9 Å². The van der Waals surface area contributed by atoms with Gasteiger partial charge < -0.3 is 10.0 Å². The van der Waals surface area contributed by atoms with Crippen molar-refractivity contribution >= 4 is 17.7 Å². The van der Waals surface area contributed by atoms with E-state index in [9.17, 15) is 19.5 Å². The summed E-state index contributed by atoms with van der Waals surface area (Å²) < 4.78 is 15.9. The number of aliphatic hydroxyl groups is 1. The van der Waals surface area contributed by atoms with Crippen molar-refractivity contribution < 1.29 is 23.9 Å². The highest BCUT2D eigenvalue weighted by atomic mass is 19.1. The van der Waals surface area contributed by atoms with E-state index in [2.05, 4.69) is 15.2 Å². The minimum Gasteiger partial charge on any atom is -0.390 e. The lowest BCUT2D eigenvalue weighted by molar-refractivity contribution is -0.137. The van der Waals surface area contributed by atoms with Crippen LogP contribution in [-0.2, 0) is 16.1 Å². The molecule has 5 rings (SSSR count). The molecular weight excluding hydrogens is 475 g/mol. The SMILES string of the molecule is C[C@@H]1c2c(ccc(-c3cc(CN4CCC(C(C)(C)O)CC4)ccn3)c2F)C(=O)N1[C@H]1CCC(=O)NC1=O. The number of fused-ring (bicyclic) bond motifs is 1. The molecule has 196 valence electrons. The molecule has 0 spiro atoms. The van der Waals surface area contributed by atoms with Crippen LogP contribution in [0.1, 0.15) is 74.0 Å². The van der Waals surface area contributed by atoms with Crippen LogP contribution in [-0.4, -0.2) is 62.3 Å². The molecule has 0 bridgehead atoms. The summed E-state index contributed by atoms with van der Waals surface area (Å²) in [6, 6.07) is 5.53. The normalized spacial score (nSPS) is 23.4. The highest BCUT2D eigenvalue weighted by Crippen LogP contribution is 2.41. The Bertz CT molecular complexity index is 1250. The quantitative estimate of drug-likeness (QED) is 0.602. The number of hydrogen-bond donors (Lipinski definition) is 2. The Morgan fingerprint density at radius 3 is 2.49 bits per heavy atom. The standard InChI is InChI=1S/C28H33FN4O4/c1-16-24-20(27(36)33(16)22-6-7-23(34)31-26(22)35)5-4-19(25(24)29)21-14-17(8-11-30-21)15-32-12-9-18(10-13-32)28(2,3)37/h4-5,8,11,14,16,18,22,37H,6-7,9-10,12-13,15H2,1-3H3,(H,31,34,35)/t16-,22+/m1/s1. The number of nitrogens with one attached hydrogen (secondary N) is 1. The highest BCUT2D eigenvalue weighted by molar-refractivity contribution is 6.06. The Labute approximate surface area is 215 Å². The molecule has 37 heavy (non-hydrogen) atoms. The van der Waals surface area contributed by atoms with Crippen molar-refractivity contribution in [2.75, 3.05) is 13.1 Å². The predicted molar refractivity (Wildman–Crippen MR) is 135 cm³/mol. The molecule has 3 amide bonds. The van der Waals surface area contributed by atoms with Crippen molar-refractivity contribution in [1.29, 1.82) is 0 Å². The number of carbonyl (C=O) groups excluding carboxylic acids is 3. The van der Waals surface area contributed by atoms with E-state index in [1.807, 2.05) is 26.0 Å². The van der Waals surface area contributed by atoms with Crippen LogP contribution < -0.4 is 5.32 Å². The van der Waals surface area contributed by atoms with E-state index in [-0.39, 0.29) is 35.8 Å². The molecule has 8 nitrogen and oxygen atoms in total. The number of nitrogens with zero attached hydrogens (tertiary/aromatic N) is 3. The van der Waals surface area contributed by atoms with Gasteiger partial charge in [-0.2, -0.15) is 0 Å². The van der Waals surface area contributed by atoms with Crippen molar-refractivity contribution in [3.8, 4) is 11.3 Å². The Kier molecular flexibility index (Phi) is 6.62. The molecule has 2 atom stereocenters. The van der Waals surface area contributed by atoms with Gasteiger partial charge in [0.2, 0.25) is 11.8 Å². The minimum atomic E-state index is -0.808. The molecule has 0 unspecified atom stereocenters. The van der Waals surface area contributed by atoms with Gasteiger partial charge in [0.1, 0.15) is 11.9 Å². The fourth-order valence-electron chi connectivity index (χ4n) is 5.97. The molecule has 1 aromatic carbocycles. The summed E-state index contributed by atoms with van der Waals surface area (Å²) >= 11 is 0. The molecule has 0 radical (unpaired) electrons. The molecule has 0 saturated carbocycles. The van der Waals surface area contributed by atoms with Crippen LogP contribution in [0, 0.1) is 11.7 Å². The highest BCUT2D eigenvalue weighted by Gasteiger charge is 2.44. The number of benzene rings is 1. The van der Waals surface area contributed by atoms with Gasteiger partial charge in [0.25, 0.3) is 5.91 Å². The van der Waals surface area contributed by atoms with Crippen LogP contribution in [0.2, 0.25) is 0 Å². The summed E-state index contributed by atoms with van der Waals surface area (Å²) in [5, 5.41) is 12.6. The number of likely N-dealkylation sites (tertiary alicyclic amines) is 1. The van der Waals surface area contributed by atoms with Gasteiger partial charge >= 0.3 is 0 Å². The zero-order valence-corrected chi connectivity index (χ0v) is 21.5. The van der Waals surface area contributed by atoms with Crippen LogP contribution >= 0.6 is 0 Å². The summed E-state index contributed by atoms with van der Waals surface area (Å²) in [5.41, 5.74) is 1.64. The maximum atomic E-state index is 15.9. The van der Waals surface area contributed by atoms with Crippen molar-refractivity contribution in [1.82, 2.24) is 20.1 Å². The summed E-state index contributed by atoms with van der Waals surface area (Å²) in [6.45, 7) is 7.92. The van der Waals surface area contributed by atoms with Crippen molar-refractivity contribution in [2.24, 2.45) is 5.92 Å². The number of hydrogen-bond acceptors (Lipinski definition) is 6. The minimum absolute atomic E-state index is 0.142. The molecule has 2 aromatic rings. The second-order valence-corrected chi connectivity index (χ2v) is 11.0. The molecule has 2 fully saturated rings. The van der Waals surface area contributed by atoms with Crippen LogP contribution in [0.25, 0.3) is 11.3 Å². The largest absolute Gasteiger partial charge is 0.390 e. The average molecular weight is 509 g/mol. The van der Waals surface area contributed by atoms with E-state index in [1.165, 1.54) is 4.90 Å². The fourth-order valence-corrected chi connectivity index (χ4v) is 5.97. The zero-order valence-electron chi connectivity index (χ0n) is 21.5. The van der Waals surface area contributed by atoms with E-state index < -0.39 is 35.3 Å². The van der Waals surface area contributed by atoms with Crippen molar-refractivity contribution in [3.63, 3.8) is 0 Å². The first-order chi connectivity index (χ1) is 17.5. The molecule has 1 aromatic heterocycles. The number of pyridine rings is 1. The van der Waals surface area contributed by atoms with Crippen molar-refractivity contribution in [3.05, 3.63) is 53.0 Å². The Morgan fingerprint density at radius 1 is 1.11 bits per heavy atom. The van der Waals surface area contributed by atoms with Gasteiger partial charge in [-0.1, -0.05) is 0 Å². The molecule has 0 aliphatic carbocycles. The lowest BCUT2D eigenvalue weighted by Gasteiger charge is -2.37. The predicted octanol–water partition coefficient (Wildman–Crippen LogP) is 3.19. The molecule has 2 saturated heterocycles. The maximum Gasteiger partial charge on any atom is 0.255 e. The number of aromatic nitrogens is 1. The lowest BCUT2D eigenvalue weighted by atomic mass is 9.83. The van der Waals surface area contributed by atoms with Gasteiger partial charge in [-0.25, -0.2) is 4.39 Å². The molecule has 2 N–H and O–H groups in total. The van der Waals surface area contributed by atoms with Crippen LogP contribution in [0.15, 0.2) is 30.5 Å². The summed E-state index contributed by atoms with van der Waals surface area (Å²) in [5.74, 6) is -1.52. The Hall–Kier alpha value is -3.17.